The van der Waals surface area contributed by atoms with Gasteiger partial charge in [0.1, 0.15) is 19.0 Å². The first-order valence-corrected chi connectivity index (χ1v) is 13.8. The van der Waals surface area contributed by atoms with Crippen LogP contribution in [0.2, 0.25) is 5.02 Å². The summed E-state index contributed by atoms with van der Waals surface area (Å²) < 4.78 is 22.2. The normalized spacial score (nSPS) is 15.4. The molecule has 0 saturated heterocycles. The molecule has 12 heteroatoms. The van der Waals surface area contributed by atoms with E-state index in [1.54, 1.807) is 31.3 Å². The molecule has 3 aromatic rings. The predicted octanol–water partition coefficient (Wildman–Crippen LogP) is 4.44. The van der Waals surface area contributed by atoms with Gasteiger partial charge in [0.15, 0.2) is 17.7 Å². The van der Waals surface area contributed by atoms with Crippen LogP contribution >= 0.6 is 11.6 Å². The molecule has 43 heavy (non-hydrogen) atoms. The zero-order valence-electron chi connectivity index (χ0n) is 23.9. The number of urea groups is 1. The maximum atomic E-state index is 12.4. The van der Waals surface area contributed by atoms with Gasteiger partial charge >= 0.3 is 12.0 Å². The molecule has 0 aliphatic carbocycles. The van der Waals surface area contributed by atoms with Gasteiger partial charge in [0.2, 0.25) is 0 Å². The summed E-state index contributed by atoms with van der Waals surface area (Å²) >= 11 is 6.01. The molecule has 0 saturated carbocycles. The van der Waals surface area contributed by atoms with E-state index in [1.165, 1.54) is 7.11 Å². The summed E-state index contributed by atoms with van der Waals surface area (Å²) in [6.07, 6.45) is 0.442. The molecule has 0 unspecified atom stereocenters. The molecular weight excluding hydrogens is 576 g/mol. The number of ether oxygens (including phenoxy) is 4. The van der Waals surface area contributed by atoms with Crippen molar-refractivity contribution >= 4 is 29.8 Å². The molecule has 1 aliphatic heterocycles. The zero-order valence-corrected chi connectivity index (χ0v) is 24.7. The van der Waals surface area contributed by atoms with Gasteiger partial charge in [0.25, 0.3) is 0 Å². The lowest BCUT2D eigenvalue weighted by atomic mass is 9.95. The Morgan fingerprint density at radius 3 is 2.60 bits per heavy atom. The van der Waals surface area contributed by atoms with Crippen molar-refractivity contribution in [1.82, 2.24) is 16.1 Å². The standard InChI is InChI=1S/C31H33ClN4O7/c1-4-41-26-15-22(29-28(30(38)40-3)19(2)34-31(39)35-29)10-13-25(26)43-18-27(37)36-33-16-20-8-11-24(12-9-20)42-17-21-6-5-7-23(32)14-21/h5-16,27,29,36-37H,4,17-18H2,1-3H3,(H2,34,35,39)/b33-16+/t27-,29-/m1/s1. The highest BCUT2D eigenvalue weighted by Crippen LogP contribution is 2.35. The van der Waals surface area contributed by atoms with Gasteiger partial charge in [-0.3, -0.25) is 5.43 Å². The Bertz CT molecular complexity index is 1490. The lowest BCUT2D eigenvalue weighted by Gasteiger charge is -2.28. The van der Waals surface area contributed by atoms with Crippen molar-refractivity contribution in [2.45, 2.75) is 32.7 Å². The van der Waals surface area contributed by atoms with Crippen molar-refractivity contribution in [2.24, 2.45) is 5.10 Å². The number of aliphatic hydroxyl groups excluding tert-OH is 1. The quantitative estimate of drug-likeness (QED) is 0.0967. The molecule has 0 fully saturated rings. The van der Waals surface area contributed by atoms with Crippen molar-refractivity contribution in [2.75, 3.05) is 20.3 Å². The molecule has 4 rings (SSSR count). The second-order valence-electron chi connectivity index (χ2n) is 9.40. The zero-order chi connectivity index (χ0) is 30.8. The number of hydrogen-bond acceptors (Lipinski definition) is 9. The number of nitrogens with one attached hydrogen (secondary N) is 3. The fourth-order valence-corrected chi connectivity index (χ4v) is 4.48. The van der Waals surface area contributed by atoms with Crippen LogP contribution in [0, 0.1) is 0 Å². The van der Waals surface area contributed by atoms with Crippen LogP contribution in [0.5, 0.6) is 17.2 Å². The summed E-state index contributed by atoms with van der Waals surface area (Å²) in [5, 5.41) is 20.4. The van der Waals surface area contributed by atoms with Crippen molar-refractivity contribution in [3.8, 4) is 17.2 Å². The smallest absolute Gasteiger partial charge is 0.337 e. The van der Waals surface area contributed by atoms with Crippen LogP contribution in [0.25, 0.3) is 0 Å². The van der Waals surface area contributed by atoms with Gasteiger partial charge in [-0.15, -0.1) is 0 Å². The number of amides is 2. The number of benzene rings is 3. The van der Waals surface area contributed by atoms with Crippen LogP contribution in [-0.2, 0) is 16.1 Å². The summed E-state index contributed by atoms with van der Waals surface area (Å²) in [5.74, 6) is 0.873. The summed E-state index contributed by atoms with van der Waals surface area (Å²) in [7, 11) is 1.28. The van der Waals surface area contributed by atoms with Crippen LogP contribution in [0.3, 0.4) is 0 Å². The summed E-state index contributed by atoms with van der Waals surface area (Å²) in [6.45, 7) is 4.05. The SMILES string of the molecule is CCOc1cc([C@H]2NC(=O)NC(C)=C2C(=O)OC)ccc1OC[C@@H](O)N/N=C/c1ccc(OCc2cccc(Cl)c2)cc1. The number of hydrazone groups is 1. The Kier molecular flexibility index (Phi) is 10.8. The Hall–Kier alpha value is -4.74. The van der Waals surface area contributed by atoms with Crippen molar-refractivity contribution in [1.29, 1.82) is 0 Å². The van der Waals surface area contributed by atoms with Gasteiger partial charge in [0, 0.05) is 10.7 Å². The number of methoxy groups -OCH3 is 1. The molecule has 2 atom stereocenters. The number of rotatable bonds is 13. The van der Waals surface area contributed by atoms with E-state index in [0.29, 0.717) is 46.7 Å². The number of aliphatic hydroxyl groups is 1. The minimum Gasteiger partial charge on any atom is -0.490 e. The molecule has 1 heterocycles. The fourth-order valence-electron chi connectivity index (χ4n) is 4.26. The predicted molar refractivity (Wildman–Crippen MR) is 161 cm³/mol. The molecule has 3 aromatic carbocycles. The number of esters is 1. The van der Waals surface area contributed by atoms with Crippen LogP contribution in [-0.4, -0.2) is 49.9 Å². The average molecular weight is 609 g/mol. The van der Waals surface area contributed by atoms with E-state index >= 15 is 0 Å². The molecule has 0 spiro atoms. The monoisotopic (exact) mass is 608 g/mol. The largest absolute Gasteiger partial charge is 0.490 e. The van der Waals surface area contributed by atoms with Crippen LogP contribution in [0.15, 0.2) is 83.1 Å². The van der Waals surface area contributed by atoms with Gasteiger partial charge < -0.3 is 34.7 Å². The molecule has 4 N–H and O–H groups in total. The molecule has 2 amide bonds. The van der Waals surface area contributed by atoms with Gasteiger partial charge in [-0.1, -0.05) is 29.8 Å². The summed E-state index contributed by atoms with van der Waals surface area (Å²) in [4.78, 5) is 24.5. The van der Waals surface area contributed by atoms with Gasteiger partial charge in [-0.25, -0.2) is 9.59 Å². The van der Waals surface area contributed by atoms with Gasteiger partial charge in [-0.05, 0) is 79.1 Å². The molecule has 0 aromatic heterocycles. The van der Waals surface area contributed by atoms with Gasteiger partial charge in [0.05, 0.1) is 31.5 Å². The average Bonchev–Trinajstić information content (AvgIpc) is 2.99. The second-order valence-corrected chi connectivity index (χ2v) is 9.84. The lowest BCUT2D eigenvalue weighted by molar-refractivity contribution is -0.136. The van der Waals surface area contributed by atoms with Crippen LogP contribution in [0.4, 0.5) is 4.79 Å². The Morgan fingerprint density at radius 2 is 1.88 bits per heavy atom. The highest BCUT2D eigenvalue weighted by Gasteiger charge is 2.32. The van der Waals surface area contributed by atoms with Crippen molar-refractivity contribution in [3.63, 3.8) is 0 Å². The third-order valence-electron chi connectivity index (χ3n) is 6.28. The van der Waals surface area contributed by atoms with E-state index in [4.69, 9.17) is 30.5 Å². The highest BCUT2D eigenvalue weighted by molar-refractivity contribution is 6.30. The second kappa shape index (κ2) is 14.9. The van der Waals surface area contributed by atoms with Crippen molar-refractivity contribution in [3.05, 3.63) is 99.7 Å². The number of carbonyl (C=O) groups is 2. The summed E-state index contributed by atoms with van der Waals surface area (Å²) in [6, 6.07) is 18.6. The van der Waals surface area contributed by atoms with Crippen LogP contribution in [0.1, 0.15) is 36.6 Å². The number of allylic oxidation sites excluding steroid dienone is 1. The number of hydrogen-bond donors (Lipinski definition) is 4. The third-order valence-corrected chi connectivity index (χ3v) is 6.52. The number of nitrogens with zero attached hydrogens (tertiary/aromatic N) is 1. The minimum atomic E-state index is -1.12. The number of halogens is 1. The maximum Gasteiger partial charge on any atom is 0.337 e. The Labute approximate surface area is 254 Å². The maximum absolute atomic E-state index is 12.4. The van der Waals surface area contributed by atoms with E-state index < -0.39 is 24.3 Å². The first-order valence-electron chi connectivity index (χ1n) is 13.5. The molecule has 11 nitrogen and oxygen atoms in total. The molecule has 226 valence electrons. The van der Waals surface area contributed by atoms with Crippen molar-refractivity contribution < 1.29 is 33.6 Å². The summed E-state index contributed by atoms with van der Waals surface area (Å²) in [5.41, 5.74) is 5.65. The lowest BCUT2D eigenvalue weighted by Crippen LogP contribution is -2.45. The van der Waals surface area contributed by atoms with E-state index in [0.717, 1.165) is 11.1 Å². The Balaban J connectivity index is 1.32. The minimum absolute atomic E-state index is 0.135. The van der Waals surface area contributed by atoms with Gasteiger partial charge in [-0.2, -0.15) is 5.10 Å². The topological polar surface area (TPSA) is 140 Å². The third kappa shape index (κ3) is 8.63. The molecular formula is C31H33ClN4O7. The molecule has 0 bridgehead atoms. The fraction of sp³-hybridized carbons (Fsp3) is 0.258. The van der Waals surface area contributed by atoms with E-state index in [9.17, 15) is 14.7 Å². The first kappa shape index (κ1) is 31.2. The highest BCUT2D eigenvalue weighted by atomic mass is 35.5. The van der Waals surface area contributed by atoms with E-state index in [2.05, 4.69) is 21.2 Å². The van der Waals surface area contributed by atoms with Crippen LogP contribution < -0.4 is 30.3 Å². The molecule has 1 aliphatic rings. The molecule has 0 radical (unpaired) electrons. The Morgan fingerprint density at radius 1 is 1.09 bits per heavy atom. The van der Waals surface area contributed by atoms with E-state index in [1.807, 2.05) is 55.5 Å². The number of carbonyl (C=O) groups excluding carboxylic acids is 2. The van der Waals surface area contributed by atoms with E-state index in [-0.39, 0.29) is 12.2 Å². The first-order chi connectivity index (χ1) is 20.8.